The Morgan fingerprint density at radius 2 is 2.00 bits per heavy atom. The number of hydrogen-bond donors (Lipinski definition) is 0. The van der Waals surface area contributed by atoms with Gasteiger partial charge in [-0.1, -0.05) is 25.1 Å². The van der Waals surface area contributed by atoms with Gasteiger partial charge < -0.3 is 9.47 Å². The lowest BCUT2D eigenvalue weighted by Crippen LogP contribution is -2.19. The summed E-state index contributed by atoms with van der Waals surface area (Å²) in [5.41, 5.74) is 0.544. The molecule has 0 spiro atoms. The van der Waals surface area contributed by atoms with Crippen LogP contribution in [0.25, 0.3) is 0 Å². The van der Waals surface area contributed by atoms with E-state index in [9.17, 15) is 4.79 Å². The highest BCUT2D eigenvalue weighted by molar-refractivity contribution is 5.89. The smallest absolute Gasteiger partial charge is 0.340 e. The predicted molar refractivity (Wildman–Crippen MR) is 52.9 cm³/mol. The van der Waals surface area contributed by atoms with Crippen LogP contribution in [0.4, 0.5) is 0 Å². The van der Waals surface area contributed by atoms with Crippen molar-refractivity contribution in [3.8, 4) is 0 Å². The van der Waals surface area contributed by atoms with Crippen LogP contribution in [0, 0.1) is 0 Å². The molecule has 0 amide bonds. The van der Waals surface area contributed by atoms with E-state index in [0.29, 0.717) is 12.0 Å². The van der Waals surface area contributed by atoms with Gasteiger partial charge in [0.25, 0.3) is 0 Å². The van der Waals surface area contributed by atoms with Crippen molar-refractivity contribution in [3.63, 3.8) is 0 Å². The van der Waals surface area contributed by atoms with E-state index in [0.717, 1.165) is 0 Å². The van der Waals surface area contributed by atoms with Gasteiger partial charge in [0.15, 0.2) is 0 Å². The molecule has 1 aromatic rings. The average Bonchev–Trinajstić information content (AvgIpc) is 2.26. The van der Waals surface area contributed by atoms with Crippen LogP contribution >= 0.6 is 0 Å². The number of benzene rings is 1. The minimum atomic E-state index is -0.456. The van der Waals surface area contributed by atoms with Crippen LogP contribution in [0.1, 0.15) is 23.7 Å². The molecule has 14 heavy (non-hydrogen) atoms. The van der Waals surface area contributed by atoms with Gasteiger partial charge in [0, 0.05) is 13.5 Å². The zero-order valence-corrected chi connectivity index (χ0v) is 8.40. The molecule has 0 N–H and O–H groups in total. The van der Waals surface area contributed by atoms with Crippen LogP contribution in [0.15, 0.2) is 30.3 Å². The first-order valence-corrected chi connectivity index (χ1v) is 4.56. The van der Waals surface area contributed by atoms with Crippen LogP contribution in [0.5, 0.6) is 0 Å². The number of hydrogen-bond acceptors (Lipinski definition) is 3. The average molecular weight is 194 g/mol. The van der Waals surface area contributed by atoms with Gasteiger partial charge in [-0.25, -0.2) is 4.79 Å². The van der Waals surface area contributed by atoms with E-state index in [1.165, 1.54) is 7.11 Å². The minimum absolute atomic E-state index is 0.348. The monoisotopic (exact) mass is 194 g/mol. The number of methoxy groups -OCH3 is 1. The first-order valence-electron chi connectivity index (χ1n) is 4.56. The van der Waals surface area contributed by atoms with Gasteiger partial charge in [0.2, 0.25) is 6.29 Å². The summed E-state index contributed by atoms with van der Waals surface area (Å²) in [6, 6.07) is 8.87. The summed E-state index contributed by atoms with van der Waals surface area (Å²) in [5, 5.41) is 0. The molecule has 0 fully saturated rings. The zero-order chi connectivity index (χ0) is 10.4. The quantitative estimate of drug-likeness (QED) is 0.544. The second-order valence-corrected chi connectivity index (χ2v) is 2.84. The second kappa shape index (κ2) is 5.40. The SMILES string of the molecule is CCC(OC)OC(=O)c1ccccc1. The van der Waals surface area contributed by atoms with Crippen molar-refractivity contribution in [3.05, 3.63) is 35.9 Å². The highest BCUT2D eigenvalue weighted by Crippen LogP contribution is 2.06. The van der Waals surface area contributed by atoms with E-state index >= 15 is 0 Å². The molecule has 1 aromatic carbocycles. The van der Waals surface area contributed by atoms with Gasteiger partial charge in [-0.05, 0) is 12.1 Å². The Labute approximate surface area is 83.6 Å². The Balaban J connectivity index is 2.59. The maximum absolute atomic E-state index is 11.5. The molecular weight excluding hydrogens is 180 g/mol. The van der Waals surface area contributed by atoms with Gasteiger partial charge in [-0.3, -0.25) is 0 Å². The molecule has 0 aliphatic heterocycles. The van der Waals surface area contributed by atoms with E-state index in [1.54, 1.807) is 24.3 Å². The maximum Gasteiger partial charge on any atom is 0.340 e. The fraction of sp³-hybridized carbons (Fsp3) is 0.364. The summed E-state index contributed by atoms with van der Waals surface area (Å²) >= 11 is 0. The topological polar surface area (TPSA) is 35.5 Å². The van der Waals surface area contributed by atoms with Crippen LogP contribution in [-0.2, 0) is 9.47 Å². The normalized spacial score (nSPS) is 12.1. The molecule has 3 nitrogen and oxygen atoms in total. The van der Waals surface area contributed by atoms with Crippen molar-refractivity contribution in [1.29, 1.82) is 0 Å². The Bertz CT molecular complexity index is 278. The van der Waals surface area contributed by atoms with Crippen molar-refractivity contribution in [2.24, 2.45) is 0 Å². The lowest BCUT2D eigenvalue weighted by molar-refractivity contribution is -0.0905. The van der Waals surface area contributed by atoms with E-state index in [-0.39, 0.29) is 5.97 Å². The Morgan fingerprint density at radius 1 is 1.36 bits per heavy atom. The van der Waals surface area contributed by atoms with E-state index in [4.69, 9.17) is 9.47 Å². The van der Waals surface area contributed by atoms with Crippen LogP contribution in [0.2, 0.25) is 0 Å². The van der Waals surface area contributed by atoms with Gasteiger partial charge in [0.1, 0.15) is 0 Å². The lowest BCUT2D eigenvalue weighted by atomic mass is 10.2. The Morgan fingerprint density at radius 3 is 2.50 bits per heavy atom. The highest BCUT2D eigenvalue weighted by Gasteiger charge is 2.12. The number of rotatable bonds is 4. The third kappa shape index (κ3) is 2.85. The van der Waals surface area contributed by atoms with Gasteiger partial charge >= 0.3 is 5.97 Å². The van der Waals surface area contributed by atoms with Crippen LogP contribution < -0.4 is 0 Å². The van der Waals surface area contributed by atoms with E-state index in [2.05, 4.69) is 0 Å². The highest BCUT2D eigenvalue weighted by atomic mass is 16.7. The number of ether oxygens (including phenoxy) is 2. The van der Waals surface area contributed by atoms with Crippen molar-refractivity contribution < 1.29 is 14.3 Å². The molecule has 0 saturated heterocycles. The number of carbonyl (C=O) groups is 1. The largest absolute Gasteiger partial charge is 0.432 e. The van der Waals surface area contributed by atoms with E-state index < -0.39 is 6.29 Å². The molecule has 0 radical (unpaired) electrons. The fourth-order valence-electron chi connectivity index (χ4n) is 1.06. The van der Waals surface area contributed by atoms with E-state index in [1.807, 2.05) is 13.0 Å². The molecule has 0 aliphatic rings. The molecule has 0 aromatic heterocycles. The van der Waals surface area contributed by atoms with Gasteiger partial charge in [-0.2, -0.15) is 0 Å². The predicted octanol–water partition coefficient (Wildman–Crippen LogP) is 2.23. The second-order valence-electron chi connectivity index (χ2n) is 2.84. The first-order chi connectivity index (χ1) is 6.77. The lowest BCUT2D eigenvalue weighted by Gasteiger charge is -2.13. The first kappa shape index (κ1) is 10.7. The van der Waals surface area contributed by atoms with Crippen LogP contribution in [-0.4, -0.2) is 19.4 Å². The molecule has 0 aliphatic carbocycles. The summed E-state index contributed by atoms with van der Waals surface area (Å²) < 4.78 is 10.0. The van der Waals surface area contributed by atoms with Crippen molar-refractivity contribution >= 4 is 5.97 Å². The summed E-state index contributed by atoms with van der Waals surface area (Å²) in [5.74, 6) is -0.348. The Hall–Kier alpha value is -1.35. The summed E-state index contributed by atoms with van der Waals surface area (Å²) in [6.45, 7) is 1.90. The molecule has 0 heterocycles. The molecule has 0 bridgehead atoms. The molecule has 3 heteroatoms. The molecular formula is C11H14O3. The molecule has 1 unspecified atom stereocenters. The molecule has 76 valence electrons. The molecule has 1 rings (SSSR count). The summed E-state index contributed by atoms with van der Waals surface area (Å²) in [4.78, 5) is 11.5. The third-order valence-electron chi connectivity index (χ3n) is 1.84. The summed E-state index contributed by atoms with van der Waals surface area (Å²) in [6.07, 6.45) is 0.192. The van der Waals surface area contributed by atoms with Crippen molar-refractivity contribution in [1.82, 2.24) is 0 Å². The Kier molecular flexibility index (Phi) is 4.13. The minimum Gasteiger partial charge on any atom is -0.432 e. The number of carbonyl (C=O) groups excluding carboxylic acids is 1. The third-order valence-corrected chi connectivity index (χ3v) is 1.84. The van der Waals surface area contributed by atoms with Crippen LogP contribution in [0.3, 0.4) is 0 Å². The molecule has 1 atom stereocenters. The van der Waals surface area contributed by atoms with Gasteiger partial charge in [-0.15, -0.1) is 0 Å². The van der Waals surface area contributed by atoms with Crippen molar-refractivity contribution in [2.75, 3.05) is 7.11 Å². The van der Waals surface area contributed by atoms with Crippen molar-refractivity contribution in [2.45, 2.75) is 19.6 Å². The maximum atomic E-state index is 11.5. The summed E-state index contributed by atoms with van der Waals surface area (Å²) in [7, 11) is 1.52. The fourth-order valence-corrected chi connectivity index (χ4v) is 1.06. The zero-order valence-electron chi connectivity index (χ0n) is 8.40. The number of esters is 1. The standard InChI is InChI=1S/C11H14O3/c1-3-10(13-2)14-11(12)9-7-5-4-6-8-9/h4-8,10H,3H2,1-2H3. The van der Waals surface area contributed by atoms with Gasteiger partial charge in [0.05, 0.1) is 5.56 Å². The molecule has 0 saturated carbocycles.